The van der Waals surface area contributed by atoms with Crippen molar-refractivity contribution in [2.75, 3.05) is 20.0 Å². The Morgan fingerprint density at radius 3 is 2.42 bits per heavy atom. The Hall–Kier alpha value is -2.31. The van der Waals surface area contributed by atoms with E-state index < -0.39 is 0 Å². The maximum atomic E-state index is 6.36. The predicted molar refractivity (Wildman–Crippen MR) is 102 cm³/mol. The van der Waals surface area contributed by atoms with Crippen molar-refractivity contribution in [3.8, 4) is 21.9 Å². The number of nitrogens with zero attached hydrogens (tertiary/aromatic N) is 1. The SMILES string of the molecule is COc1ccc(Cn2c(N)c(-c3ccccc3)sc2=S)cc1OC. The lowest BCUT2D eigenvalue weighted by molar-refractivity contribution is 0.354. The highest BCUT2D eigenvalue weighted by Gasteiger charge is 2.13. The Kier molecular flexibility index (Phi) is 4.87. The molecule has 0 saturated carbocycles. The maximum Gasteiger partial charge on any atom is 0.163 e. The highest BCUT2D eigenvalue weighted by Crippen LogP contribution is 2.34. The van der Waals surface area contributed by atoms with Crippen LogP contribution in [0, 0.1) is 3.95 Å². The third kappa shape index (κ3) is 3.16. The lowest BCUT2D eigenvalue weighted by Gasteiger charge is -2.11. The van der Waals surface area contributed by atoms with E-state index in [0.717, 1.165) is 20.0 Å². The molecule has 3 rings (SSSR count). The van der Waals surface area contributed by atoms with Crippen LogP contribution in [0.15, 0.2) is 48.5 Å². The van der Waals surface area contributed by atoms with Gasteiger partial charge >= 0.3 is 0 Å². The fourth-order valence-corrected chi connectivity index (χ4v) is 3.85. The Morgan fingerprint density at radius 1 is 1.04 bits per heavy atom. The Bertz CT molecular complexity index is 901. The number of nitrogen functional groups attached to an aromatic ring is 1. The van der Waals surface area contributed by atoms with Crippen molar-refractivity contribution >= 4 is 29.4 Å². The van der Waals surface area contributed by atoms with Crippen molar-refractivity contribution in [1.82, 2.24) is 4.57 Å². The molecule has 0 radical (unpaired) electrons. The standard InChI is InChI=1S/C18H18N2O2S2/c1-21-14-9-8-12(10-15(14)22-2)11-20-17(19)16(24-18(20)23)13-6-4-3-5-7-13/h3-10H,11,19H2,1-2H3. The molecule has 2 aromatic carbocycles. The fraction of sp³-hybridized carbons (Fsp3) is 0.167. The molecule has 2 N–H and O–H groups in total. The molecule has 0 saturated heterocycles. The highest BCUT2D eigenvalue weighted by molar-refractivity contribution is 7.73. The fourth-order valence-electron chi connectivity index (χ4n) is 2.52. The Balaban J connectivity index is 1.97. The predicted octanol–water partition coefficient (Wildman–Crippen LogP) is 4.59. The summed E-state index contributed by atoms with van der Waals surface area (Å²) in [6.45, 7) is 0.592. The largest absolute Gasteiger partial charge is 0.493 e. The zero-order valence-electron chi connectivity index (χ0n) is 13.5. The lowest BCUT2D eigenvalue weighted by Crippen LogP contribution is -2.05. The average molecular weight is 358 g/mol. The molecule has 0 aliphatic carbocycles. The summed E-state index contributed by atoms with van der Waals surface area (Å²) in [4.78, 5) is 1.00. The van der Waals surface area contributed by atoms with E-state index in [-0.39, 0.29) is 0 Å². The topological polar surface area (TPSA) is 49.4 Å². The van der Waals surface area contributed by atoms with Gasteiger partial charge in [-0.15, -0.1) is 11.3 Å². The number of benzene rings is 2. The third-order valence-electron chi connectivity index (χ3n) is 3.76. The Morgan fingerprint density at radius 2 is 1.75 bits per heavy atom. The number of ether oxygens (including phenoxy) is 2. The van der Waals surface area contributed by atoms with Crippen LogP contribution in [0.1, 0.15) is 5.56 Å². The number of rotatable bonds is 5. The van der Waals surface area contributed by atoms with E-state index in [1.807, 2.05) is 53.1 Å². The van der Waals surface area contributed by atoms with Crippen molar-refractivity contribution in [1.29, 1.82) is 0 Å². The minimum Gasteiger partial charge on any atom is -0.493 e. The maximum absolute atomic E-state index is 6.36. The molecule has 6 heteroatoms. The number of aromatic nitrogens is 1. The average Bonchev–Trinajstić information content (AvgIpc) is 2.90. The van der Waals surface area contributed by atoms with Gasteiger partial charge in [0.15, 0.2) is 15.5 Å². The van der Waals surface area contributed by atoms with Gasteiger partial charge in [-0.1, -0.05) is 36.4 Å². The molecule has 0 atom stereocenters. The van der Waals surface area contributed by atoms with Crippen LogP contribution in [0.4, 0.5) is 5.82 Å². The van der Waals surface area contributed by atoms with Crippen molar-refractivity contribution in [3.05, 3.63) is 58.0 Å². The summed E-state index contributed by atoms with van der Waals surface area (Å²) in [5, 5.41) is 0. The summed E-state index contributed by atoms with van der Waals surface area (Å²) in [5.74, 6) is 2.08. The first kappa shape index (κ1) is 16.5. The number of methoxy groups -OCH3 is 2. The van der Waals surface area contributed by atoms with Crippen molar-refractivity contribution in [2.24, 2.45) is 0 Å². The molecular formula is C18H18N2O2S2. The highest BCUT2D eigenvalue weighted by atomic mass is 32.1. The monoisotopic (exact) mass is 358 g/mol. The second-order valence-electron chi connectivity index (χ2n) is 5.22. The zero-order chi connectivity index (χ0) is 17.1. The summed E-state index contributed by atoms with van der Waals surface area (Å²) in [6.07, 6.45) is 0. The zero-order valence-corrected chi connectivity index (χ0v) is 15.1. The molecule has 0 bridgehead atoms. The van der Waals surface area contributed by atoms with Crippen LogP contribution in [0.3, 0.4) is 0 Å². The molecule has 1 aromatic heterocycles. The minimum absolute atomic E-state index is 0.592. The normalized spacial score (nSPS) is 10.6. The second kappa shape index (κ2) is 7.07. The van der Waals surface area contributed by atoms with Gasteiger partial charge in [-0.25, -0.2) is 0 Å². The molecule has 24 heavy (non-hydrogen) atoms. The van der Waals surface area contributed by atoms with Crippen LogP contribution < -0.4 is 15.2 Å². The number of hydrogen-bond donors (Lipinski definition) is 1. The smallest absolute Gasteiger partial charge is 0.163 e. The molecule has 0 aliphatic rings. The van der Waals surface area contributed by atoms with E-state index in [1.165, 1.54) is 11.3 Å². The summed E-state index contributed by atoms with van der Waals surface area (Å²) >= 11 is 7.04. The number of nitrogens with two attached hydrogens (primary N) is 1. The van der Waals surface area contributed by atoms with E-state index >= 15 is 0 Å². The quantitative estimate of drug-likeness (QED) is 0.678. The van der Waals surface area contributed by atoms with E-state index in [9.17, 15) is 0 Å². The van der Waals surface area contributed by atoms with Gasteiger partial charge in [0.05, 0.1) is 25.6 Å². The molecule has 4 nitrogen and oxygen atoms in total. The molecule has 0 unspecified atom stereocenters. The summed E-state index contributed by atoms with van der Waals surface area (Å²) in [5.41, 5.74) is 8.49. The van der Waals surface area contributed by atoms with Crippen LogP contribution in [-0.2, 0) is 6.54 Å². The number of anilines is 1. The first-order valence-corrected chi connectivity index (χ1v) is 8.62. The van der Waals surface area contributed by atoms with Gasteiger partial charge in [0.1, 0.15) is 5.82 Å². The molecule has 0 fully saturated rings. The third-order valence-corrected chi connectivity index (χ3v) is 5.27. The van der Waals surface area contributed by atoms with E-state index in [0.29, 0.717) is 23.9 Å². The van der Waals surface area contributed by atoms with E-state index in [4.69, 9.17) is 27.4 Å². The van der Waals surface area contributed by atoms with Gasteiger partial charge in [-0.3, -0.25) is 0 Å². The number of thiazole rings is 1. The lowest BCUT2D eigenvalue weighted by atomic mass is 10.2. The summed E-state index contributed by atoms with van der Waals surface area (Å²) < 4.78 is 13.3. The van der Waals surface area contributed by atoms with E-state index in [1.54, 1.807) is 14.2 Å². The first-order chi connectivity index (χ1) is 11.6. The van der Waals surface area contributed by atoms with Crippen LogP contribution in [0.2, 0.25) is 0 Å². The molecule has 124 valence electrons. The molecule has 3 aromatic rings. The van der Waals surface area contributed by atoms with E-state index in [2.05, 4.69) is 0 Å². The molecule has 0 aliphatic heterocycles. The van der Waals surface area contributed by atoms with Gasteiger partial charge in [0.2, 0.25) is 0 Å². The van der Waals surface area contributed by atoms with Crippen molar-refractivity contribution < 1.29 is 9.47 Å². The minimum atomic E-state index is 0.592. The van der Waals surface area contributed by atoms with Crippen LogP contribution in [0.5, 0.6) is 11.5 Å². The molecule has 1 heterocycles. The molecule has 0 amide bonds. The molecule has 0 spiro atoms. The first-order valence-electron chi connectivity index (χ1n) is 7.39. The van der Waals surface area contributed by atoms with Crippen LogP contribution >= 0.6 is 23.6 Å². The second-order valence-corrected chi connectivity index (χ2v) is 6.87. The van der Waals surface area contributed by atoms with Gasteiger partial charge in [0.25, 0.3) is 0 Å². The Labute approximate surface area is 150 Å². The number of hydrogen-bond acceptors (Lipinski definition) is 5. The van der Waals surface area contributed by atoms with Gasteiger partial charge < -0.3 is 19.8 Å². The van der Waals surface area contributed by atoms with Gasteiger partial charge in [0, 0.05) is 0 Å². The van der Waals surface area contributed by atoms with Crippen LogP contribution in [0.25, 0.3) is 10.4 Å². The van der Waals surface area contributed by atoms with Crippen LogP contribution in [-0.4, -0.2) is 18.8 Å². The van der Waals surface area contributed by atoms with Gasteiger partial charge in [-0.2, -0.15) is 0 Å². The van der Waals surface area contributed by atoms with Gasteiger partial charge in [-0.05, 0) is 35.5 Å². The summed E-state index contributed by atoms with van der Waals surface area (Å²) in [7, 11) is 3.25. The van der Waals surface area contributed by atoms with Crippen molar-refractivity contribution in [3.63, 3.8) is 0 Å². The van der Waals surface area contributed by atoms with Crippen molar-refractivity contribution in [2.45, 2.75) is 6.54 Å². The summed E-state index contributed by atoms with van der Waals surface area (Å²) in [6, 6.07) is 15.9. The molecular weight excluding hydrogens is 340 g/mol.